The number of hydrogen-bond donors (Lipinski definition) is 1. The normalized spacial score (nSPS) is 11.8. The van der Waals surface area contributed by atoms with Crippen molar-refractivity contribution in [1.29, 1.82) is 0 Å². The van der Waals surface area contributed by atoms with Crippen LogP contribution < -0.4 is 10.3 Å². The lowest BCUT2D eigenvalue weighted by atomic mass is 10.1. The molecule has 4 aromatic rings. The molecule has 1 heterocycles. The molecule has 0 amide bonds. The highest BCUT2D eigenvalue weighted by Crippen LogP contribution is 2.30. The van der Waals surface area contributed by atoms with Gasteiger partial charge < -0.3 is 9.29 Å². The van der Waals surface area contributed by atoms with Gasteiger partial charge in [-0.2, -0.15) is 5.10 Å². The Morgan fingerprint density at radius 2 is 1.62 bits per heavy atom. The molecule has 1 atom stereocenters. The summed E-state index contributed by atoms with van der Waals surface area (Å²) in [6, 6.07) is 21.7. The van der Waals surface area contributed by atoms with Crippen molar-refractivity contribution in [3.8, 4) is 22.6 Å². The van der Waals surface area contributed by atoms with Crippen molar-refractivity contribution in [2.45, 2.75) is 12.3 Å². The summed E-state index contributed by atoms with van der Waals surface area (Å²) in [4.78, 5) is 13.3. The van der Waals surface area contributed by atoms with Gasteiger partial charge >= 0.3 is 5.56 Å². The highest BCUT2D eigenvalue weighted by atomic mass is 32.2. The van der Waals surface area contributed by atoms with Gasteiger partial charge in [-0.25, -0.2) is 13.3 Å². The molecule has 0 bridgehead atoms. The summed E-state index contributed by atoms with van der Waals surface area (Å²) in [6.07, 6.45) is 1.54. The predicted molar refractivity (Wildman–Crippen MR) is 120 cm³/mol. The first kappa shape index (κ1) is 21.6. The van der Waals surface area contributed by atoms with E-state index in [2.05, 4.69) is 5.10 Å². The zero-order valence-corrected chi connectivity index (χ0v) is 17.7. The Morgan fingerprint density at radius 1 is 0.938 bits per heavy atom. The number of rotatable bonds is 7. The van der Waals surface area contributed by atoms with Gasteiger partial charge in [0.05, 0.1) is 24.1 Å². The van der Waals surface area contributed by atoms with E-state index in [1.54, 1.807) is 30.5 Å². The smallest absolute Gasteiger partial charge is 0.310 e. The van der Waals surface area contributed by atoms with Crippen molar-refractivity contribution < 1.29 is 17.9 Å². The van der Waals surface area contributed by atoms with Crippen LogP contribution in [0, 0.1) is 5.82 Å². The van der Waals surface area contributed by atoms with Crippen LogP contribution in [0.5, 0.6) is 11.5 Å². The lowest BCUT2D eigenvalue weighted by Crippen LogP contribution is -2.24. The number of nitrogens with zero attached hydrogens (tertiary/aromatic N) is 2. The van der Waals surface area contributed by atoms with E-state index >= 15 is 0 Å². The maximum Gasteiger partial charge on any atom is 0.310 e. The second-order valence-electron chi connectivity index (χ2n) is 7.05. The molecule has 1 unspecified atom stereocenters. The minimum atomic E-state index is -1.95. The van der Waals surface area contributed by atoms with E-state index in [0.29, 0.717) is 22.4 Å². The van der Waals surface area contributed by atoms with Crippen molar-refractivity contribution in [3.05, 3.63) is 112 Å². The largest absolute Gasteiger partial charge is 0.451 e. The lowest BCUT2D eigenvalue weighted by molar-refractivity contribution is 0.459. The number of halogens is 1. The van der Waals surface area contributed by atoms with Gasteiger partial charge in [-0.1, -0.05) is 54.6 Å². The monoisotopic (exact) mass is 450 g/mol. The minimum absolute atomic E-state index is 0.0101. The van der Waals surface area contributed by atoms with E-state index in [9.17, 15) is 13.4 Å². The molecule has 0 saturated heterocycles. The van der Waals surface area contributed by atoms with Crippen molar-refractivity contribution >= 4 is 11.1 Å². The molecule has 0 fully saturated rings. The number of aromatic nitrogens is 2. The van der Waals surface area contributed by atoms with Crippen molar-refractivity contribution in [2.75, 3.05) is 0 Å². The van der Waals surface area contributed by atoms with E-state index in [1.807, 2.05) is 30.3 Å². The molecule has 0 spiro atoms. The maximum atomic E-state index is 13.3. The van der Waals surface area contributed by atoms with Crippen molar-refractivity contribution in [2.24, 2.45) is 0 Å². The summed E-state index contributed by atoms with van der Waals surface area (Å²) in [7, 11) is 0. The molecule has 0 radical (unpaired) electrons. The van der Waals surface area contributed by atoms with E-state index in [-0.39, 0.29) is 18.0 Å². The van der Waals surface area contributed by atoms with Crippen LogP contribution in [0.4, 0.5) is 4.39 Å². The van der Waals surface area contributed by atoms with Crippen LogP contribution in [0.3, 0.4) is 0 Å². The van der Waals surface area contributed by atoms with Gasteiger partial charge in [0, 0.05) is 0 Å². The molecule has 3 aromatic carbocycles. The Balaban J connectivity index is 1.76. The van der Waals surface area contributed by atoms with Crippen LogP contribution in [0.2, 0.25) is 0 Å². The quantitative estimate of drug-likeness (QED) is 0.416. The first-order valence-electron chi connectivity index (χ1n) is 9.74. The molecule has 4 rings (SSSR count). The molecular weight excluding hydrogens is 431 g/mol. The number of hydrogen-bond acceptors (Lipinski definition) is 4. The molecule has 0 saturated carbocycles. The lowest BCUT2D eigenvalue weighted by Gasteiger charge is -2.14. The van der Waals surface area contributed by atoms with E-state index in [0.717, 1.165) is 5.56 Å². The fourth-order valence-corrected chi connectivity index (χ4v) is 3.67. The van der Waals surface area contributed by atoms with Crippen LogP contribution >= 0.6 is 0 Å². The molecule has 1 N–H and O–H groups in total. The minimum Gasteiger partial charge on any atom is -0.451 e. The summed E-state index contributed by atoms with van der Waals surface area (Å²) < 4.78 is 40.6. The summed E-state index contributed by atoms with van der Waals surface area (Å²) in [6.45, 7) is 0.265. The number of ether oxygens (including phenoxy) is 1. The molecule has 0 aliphatic carbocycles. The zero-order chi connectivity index (χ0) is 22.5. The molecule has 6 nitrogen and oxygen atoms in total. The second-order valence-corrected chi connectivity index (χ2v) is 7.99. The highest BCUT2D eigenvalue weighted by molar-refractivity contribution is 7.78. The molecule has 8 heteroatoms. The van der Waals surface area contributed by atoms with Crippen LogP contribution in [-0.2, 0) is 23.4 Å². The Hall–Kier alpha value is -3.62. The Kier molecular flexibility index (Phi) is 6.53. The van der Waals surface area contributed by atoms with Crippen LogP contribution in [-0.4, -0.2) is 18.5 Å². The fourth-order valence-electron chi connectivity index (χ4n) is 3.19. The Bertz CT molecular complexity index is 1290. The average Bonchev–Trinajstić information content (AvgIpc) is 2.79. The van der Waals surface area contributed by atoms with Crippen LogP contribution in [0.1, 0.15) is 11.1 Å². The zero-order valence-electron chi connectivity index (χ0n) is 16.8. The molecule has 0 aliphatic rings. The first-order chi connectivity index (χ1) is 15.5. The third-order valence-corrected chi connectivity index (χ3v) is 5.34. The van der Waals surface area contributed by atoms with Gasteiger partial charge in [-0.3, -0.25) is 4.79 Å². The van der Waals surface area contributed by atoms with Gasteiger partial charge in [0.2, 0.25) is 5.75 Å². The van der Waals surface area contributed by atoms with Gasteiger partial charge in [-0.15, -0.1) is 0 Å². The third-order valence-electron chi connectivity index (χ3n) is 4.76. The topological polar surface area (TPSA) is 81.4 Å². The van der Waals surface area contributed by atoms with Crippen molar-refractivity contribution in [1.82, 2.24) is 9.78 Å². The summed E-state index contributed by atoms with van der Waals surface area (Å²) in [5.74, 6) is -0.0305. The standard InChI is InChI=1S/C24H19FN2O4S/c25-20-10-12-21(13-11-20)31-23-22(19-8-6-18(7-9-19)16-32(29)30)14-26-27(24(23)28)15-17-4-2-1-3-5-17/h1-14H,15-16H2,(H,29,30). The molecule has 0 aliphatic heterocycles. The predicted octanol–water partition coefficient (Wildman–Crippen LogP) is 4.61. The summed E-state index contributed by atoms with van der Waals surface area (Å²) in [5.41, 5.74) is 2.27. The van der Waals surface area contributed by atoms with Crippen LogP contribution in [0.15, 0.2) is 89.9 Å². The van der Waals surface area contributed by atoms with E-state index in [1.165, 1.54) is 28.9 Å². The summed E-state index contributed by atoms with van der Waals surface area (Å²) >= 11 is -1.95. The Labute approximate surface area is 186 Å². The van der Waals surface area contributed by atoms with E-state index in [4.69, 9.17) is 9.29 Å². The molecule has 32 heavy (non-hydrogen) atoms. The van der Waals surface area contributed by atoms with E-state index < -0.39 is 22.5 Å². The number of benzene rings is 3. The van der Waals surface area contributed by atoms with Gasteiger partial charge in [-0.05, 0) is 41.0 Å². The van der Waals surface area contributed by atoms with Gasteiger partial charge in [0.1, 0.15) is 11.6 Å². The average molecular weight is 450 g/mol. The fraction of sp³-hybridized carbons (Fsp3) is 0.0833. The summed E-state index contributed by atoms with van der Waals surface area (Å²) in [5, 5.41) is 4.31. The van der Waals surface area contributed by atoms with Crippen LogP contribution in [0.25, 0.3) is 11.1 Å². The third kappa shape index (κ3) is 5.16. The first-order valence-corrected chi connectivity index (χ1v) is 11.0. The molecule has 162 valence electrons. The molecular formula is C24H19FN2O4S. The Morgan fingerprint density at radius 3 is 2.28 bits per heavy atom. The second kappa shape index (κ2) is 9.67. The molecule has 1 aromatic heterocycles. The SMILES string of the molecule is O=c1c(Oc2ccc(F)cc2)c(-c2ccc(CS(=O)O)cc2)cnn1Cc1ccccc1. The highest BCUT2D eigenvalue weighted by Gasteiger charge is 2.16. The van der Waals surface area contributed by atoms with Gasteiger partial charge in [0.25, 0.3) is 0 Å². The van der Waals surface area contributed by atoms with Gasteiger partial charge in [0.15, 0.2) is 11.1 Å². The van der Waals surface area contributed by atoms with Crippen molar-refractivity contribution in [3.63, 3.8) is 0 Å². The maximum absolute atomic E-state index is 13.3.